The molecular formula is C28H24N3O2+. The summed E-state index contributed by atoms with van der Waals surface area (Å²) in [4.78, 5) is 10.4. The third kappa shape index (κ3) is 4.53. The molecule has 33 heavy (non-hydrogen) atoms. The van der Waals surface area contributed by atoms with Crippen molar-refractivity contribution in [1.29, 1.82) is 0 Å². The highest BCUT2D eigenvalue weighted by Crippen LogP contribution is 2.18. The van der Waals surface area contributed by atoms with Gasteiger partial charge < -0.3 is 0 Å². The summed E-state index contributed by atoms with van der Waals surface area (Å²) in [6.45, 7) is 1.62. The van der Waals surface area contributed by atoms with Gasteiger partial charge in [0.05, 0.1) is 11.5 Å². The van der Waals surface area contributed by atoms with Crippen LogP contribution in [0.2, 0.25) is 0 Å². The number of nitro benzene ring substituents is 1. The zero-order valence-electron chi connectivity index (χ0n) is 18.2. The SMILES string of the molecule is O=[N+]([O-])c1ccc(/C=C/C[n+]2cn(CCc3ccc4ccccc4c3)c3ccccc32)cc1. The molecule has 0 atom stereocenters. The van der Waals surface area contributed by atoms with Crippen LogP contribution < -0.4 is 4.57 Å². The molecule has 5 nitrogen and oxygen atoms in total. The number of nitrogens with zero attached hydrogens (tertiary/aromatic N) is 3. The van der Waals surface area contributed by atoms with E-state index in [-0.39, 0.29) is 10.6 Å². The first-order valence-electron chi connectivity index (χ1n) is 11.0. The maximum absolute atomic E-state index is 10.8. The second kappa shape index (κ2) is 9.09. The molecule has 0 fully saturated rings. The summed E-state index contributed by atoms with van der Waals surface area (Å²) >= 11 is 0. The lowest BCUT2D eigenvalue weighted by Gasteiger charge is -2.03. The van der Waals surface area contributed by atoms with Gasteiger partial charge in [-0.1, -0.05) is 60.7 Å². The number of para-hydroxylation sites is 2. The minimum atomic E-state index is -0.379. The molecule has 0 aliphatic heterocycles. The average Bonchev–Trinajstić information content (AvgIpc) is 3.20. The molecule has 0 aliphatic carbocycles. The molecule has 0 bridgehead atoms. The molecule has 5 rings (SSSR count). The van der Waals surface area contributed by atoms with Gasteiger partial charge >= 0.3 is 0 Å². The van der Waals surface area contributed by atoms with Crippen LogP contribution in [-0.2, 0) is 19.5 Å². The van der Waals surface area contributed by atoms with E-state index in [2.05, 4.69) is 88.3 Å². The zero-order chi connectivity index (χ0) is 22.6. The third-order valence-corrected chi connectivity index (χ3v) is 5.95. The van der Waals surface area contributed by atoms with Gasteiger partial charge in [0.1, 0.15) is 6.54 Å². The van der Waals surface area contributed by atoms with Gasteiger partial charge in [-0.25, -0.2) is 9.13 Å². The molecule has 5 aromatic rings. The number of rotatable bonds is 7. The molecule has 0 unspecified atom stereocenters. The molecular weight excluding hydrogens is 410 g/mol. The van der Waals surface area contributed by atoms with Crippen molar-refractivity contribution in [3.8, 4) is 0 Å². The molecule has 0 N–H and O–H groups in total. The Morgan fingerprint density at radius 2 is 1.64 bits per heavy atom. The van der Waals surface area contributed by atoms with Crippen molar-refractivity contribution in [3.63, 3.8) is 0 Å². The number of hydrogen-bond donors (Lipinski definition) is 0. The van der Waals surface area contributed by atoms with Crippen LogP contribution >= 0.6 is 0 Å². The number of aromatic nitrogens is 2. The summed E-state index contributed by atoms with van der Waals surface area (Å²) in [5.41, 5.74) is 4.78. The van der Waals surface area contributed by atoms with Crippen molar-refractivity contribution in [1.82, 2.24) is 4.57 Å². The van der Waals surface area contributed by atoms with Gasteiger partial charge in [-0.3, -0.25) is 10.1 Å². The Morgan fingerprint density at radius 1 is 0.879 bits per heavy atom. The van der Waals surface area contributed by atoms with Crippen LogP contribution in [-0.4, -0.2) is 9.49 Å². The molecule has 0 saturated carbocycles. The van der Waals surface area contributed by atoms with Crippen LogP contribution in [0.1, 0.15) is 11.1 Å². The standard InChI is InChI=1S/C28H24N3O2/c32-31(33)26-15-12-22(13-16-26)6-5-18-29-21-30(28-10-4-3-9-27(28)29)19-17-23-11-14-24-7-1-2-8-25(24)20-23/h1-16,20-21H,17-19H2/q+1/b6-5+. The van der Waals surface area contributed by atoms with E-state index in [1.807, 2.05) is 6.08 Å². The molecule has 1 aromatic heterocycles. The number of imidazole rings is 1. The van der Waals surface area contributed by atoms with Crippen molar-refractivity contribution < 1.29 is 9.49 Å². The van der Waals surface area contributed by atoms with Crippen LogP contribution in [0.15, 0.2) is 103 Å². The maximum Gasteiger partial charge on any atom is 0.269 e. The first-order chi connectivity index (χ1) is 16.2. The Labute approximate surface area is 192 Å². The van der Waals surface area contributed by atoms with Gasteiger partial charge in [-0.2, -0.15) is 0 Å². The minimum Gasteiger partial charge on any atom is -0.258 e. The van der Waals surface area contributed by atoms with Gasteiger partial charge in [0.25, 0.3) is 5.69 Å². The first kappa shape index (κ1) is 20.6. The lowest BCUT2D eigenvalue weighted by Crippen LogP contribution is -2.31. The maximum atomic E-state index is 10.8. The van der Waals surface area contributed by atoms with E-state index in [0.717, 1.165) is 25.1 Å². The average molecular weight is 435 g/mol. The van der Waals surface area contributed by atoms with Crippen molar-refractivity contribution in [2.24, 2.45) is 0 Å². The number of benzene rings is 4. The van der Waals surface area contributed by atoms with E-state index in [1.54, 1.807) is 12.1 Å². The van der Waals surface area contributed by atoms with E-state index in [1.165, 1.54) is 39.5 Å². The van der Waals surface area contributed by atoms with Crippen LogP contribution in [0.5, 0.6) is 0 Å². The fourth-order valence-electron chi connectivity index (χ4n) is 4.22. The van der Waals surface area contributed by atoms with E-state index in [9.17, 15) is 10.1 Å². The molecule has 0 amide bonds. The Morgan fingerprint density at radius 3 is 2.45 bits per heavy atom. The number of aryl methyl sites for hydroxylation is 2. The van der Waals surface area contributed by atoms with Crippen molar-refractivity contribution >= 4 is 33.6 Å². The topological polar surface area (TPSA) is 52.0 Å². The van der Waals surface area contributed by atoms with Crippen LogP contribution in [0.25, 0.3) is 27.9 Å². The van der Waals surface area contributed by atoms with E-state index in [0.29, 0.717) is 0 Å². The van der Waals surface area contributed by atoms with Crippen LogP contribution in [0.3, 0.4) is 0 Å². The molecule has 1 heterocycles. The summed E-state index contributed by atoms with van der Waals surface area (Å²) in [7, 11) is 0. The van der Waals surface area contributed by atoms with Gasteiger partial charge in [-0.05, 0) is 52.2 Å². The highest BCUT2D eigenvalue weighted by Gasteiger charge is 2.14. The summed E-state index contributed by atoms with van der Waals surface area (Å²) in [5.74, 6) is 0. The summed E-state index contributed by atoms with van der Waals surface area (Å²) in [6.07, 6.45) is 7.22. The first-order valence-corrected chi connectivity index (χ1v) is 11.0. The summed E-state index contributed by atoms with van der Waals surface area (Å²) in [6, 6.07) is 30.2. The van der Waals surface area contributed by atoms with Gasteiger partial charge in [-0.15, -0.1) is 0 Å². The zero-order valence-corrected chi connectivity index (χ0v) is 18.2. The molecule has 0 radical (unpaired) electrons. The Kier molecular flexibility index (Phi) is 5.68. The molecule has 0 aliphatic rings. The van der Waals surface area contributed by atoms with Gasteiger partial charge in [0.2, 0.25) is 6.33 Å². The molecule has 0 saturated heterocycles. The highest BCUT2D eigenvalue weighted by atomic mass is 16.6. The number of hydrogen-bond acceptors (Lipinski definition) is 2. The van der Waals surface area contributed by atoms with Crippen LogP contribution in [0, 0.1) is 10.1 Å². The number of allylic oxidation sites excluding steroid dienone is 1. The molecule has 162 valence electrons. The van der Waals surface area contributed by atoms with Crippen molar-refractivity contribution in [3.05, 3.63) is 125 Å². The molecule has 0 spiro atoms. The summed E-state index contributed by atoms with van der Waals surface area (Å²) in [5, 5.41) is 13.4. The Hall–Kier alpha value is -4.25. The van der Waals surface area contributed by atoms with Gasteiger partial charge in [0.15, 0.2) is 11.0 Å². The number of nitro groups is 1. The monoisotopic (exact) mass is 434 g/mol. The predicted molar refractivity (Wildman–Crippen MR) is 132 cm³/mol. The second-order valence-electron chi connectivity index (χ2n) is 8.13. The fraction of sp³-hybridized carbons (Fsp3) is 0.107. The quantitative estimate of drug-likeness (QED) is 0.181. The lowest BCUT2D eigenvalue weighted by atomic mass is 10.1. The van der Waals surface area contributed by atoms with Gasteiger partial charge in [0, 0.05) is 18.6 Å². The fourth-order valence-corrected chi connectivity index (χ4v) is 4.22. The smallest absolute Gasteiger partial charge is 0.258 e. The lowest BCUT2D eigenvalue weighted by molar-refractivity contribution is -0.661. The van der Waals surface area contributed by atoms with E-state index in [4.69, 9.17) is 0 Å². The Balaban J connectivity index is 1.33. The number of fused-ring (bicyclic) bond motifs is 2. The Bertz CT molecular complexity index is 1470. The normalized spacial score (nSPS) is 11.5. The van der Waals surface area contributed by atoms with Crippen molar-refractivity contribution in [2.75, 3.05) is 0 Å². The predicted octanol–water partition coefficient (Wildman–Crippen LogP) is 5.95. The number of non-ortho nitro benzene ring substituents is 1. The highest BCUT2D eigenvalue weighted by molar-refractivity contribution is 5.83. The largest absolute Gasteiger partial charge is 0.269 e. The van der Waals surface area contributed by atoms with Crippen LogP contribution in [0.4, 0.5) is 5.69 Å². The second-order valence-corrected chi connectivity index (χ2v) is 8.13. The van der Waals surface area contributed by atoms with E-state index >= 15 is 0 Å². The van der Waals surface area contributed by atoms with E-state index < -0.39 is 0 Å². The van der Waals surface area contributed by atoms with Crippen molar-refractivity contribution in [2.45, 2.75) is 19.5 Å². The summed E-state index contributed by atoms with van der Waals surface area (Å²) < 4.78 is 4.54. The molecule has 4 aromatic carbocycles. The molecule has 5 heteroatoms. The third-order valence-electron chi connectivity index (χ3n) is 5.95. The minimum absolute atomic E-state index is 0.107.